The zero-order valence-corrected chi connectivity index (χ0v) is 33.3. The highest BCUT2D eigenvalue weighted by Crippen LogP contribution is 2.64. The largest absolute Gasteiger partial charge is 0.0731 e. The van der Waals surface area contributed by atoms with Crippen molar-refractivity contribution in [3.8, 4) is 44.5 Å². The van der Waals surface area contributed by atoms with Gasteiger partial charge in [0.1, 0.15) is 0 Å². The molecule has 61 heavy (non-hydrogen) atoms. The van der Waals surface area contributed by atoms with Gasteiger partial charge in [0.25, 0.3) is 0 Å². The summed E-state index contributed by atoms with van der Waals surface area (Å²) in [6.45, 7) is 0. The van der Waals surface area contributed by atoms with Crippen LogP contribution in [0, 0.1) is 0 Å². The van der Waals surface area contributed by atoms with E-state index in [1.165, 1.54) is 131 Å². The minimum absolute atomic E-state index is 0.438. The van der Waals surface area contributed by atoms with Crippen LogP contribution in [0.3, 0.4) is 0 Å². The predicted molar refractivity (Wildman–Crippen MR) is 259 cm³/mol. The molecule has 14 rings (SSSR count). The molecule has 0 heterocycles. The molecular formula is C61H36. The molecule has 0 aromatic heterocycles. The van der Waals surface area contributed by atoms with E-state index in [1.807, 2.05) is 0 Å². The van der Waals surface area contributed by atoms with E-state index in [0.29, 0.717) is 0 Å². The van der Waals surface area contributed by atoms with Crippen molar-refractivity contribution < 1.29 is 0 Å². The monoisotopic (exact) mass is 768 g/mol. The van der Waals surface area contributed by atoms with Crippen molar-refractivity contribution in [1.29, 1.82) is 0 Å². The summed E-state index contributed by atoms with van der Waals surface area (Å²) in [5, 5.41) is 15.3. The Morgan fingerprint density at radius 1 is 0.230 bits per heavy atom. The number of fused-ring (bicyclic) bond motifs is 18. The summed E-state index contributed by atoms with van der Waals surface area (Å²) in [5.41, 5.74) is 15.5. The Labute approximate surface area is 353 Å². The Hall–Kier alpha value is -7.80. The lowest BCUT2D eigenvalue weighted by atomic mass is 9.69. The van der Waals surface area contributed by atoms with Crippen LogP contribution in [0.5, 0.6) is 0 Å². The normalized spacial score (nSPS) is 13.4. The van der Waals surface area contributed by atoms with Crippen LogP contribution >= 0.6 is 0 Å². The van der Waals surface area contributed by atoms with Crippen molar-refractivity contribution in [3.63, 3.8) is 0 Å². The molecule has 2 aliphatic rings. The summed E-state index contributed by atoms with van der Waals surface area (Å²) in [7, 11) is 0. The topological polar surface area (TPSA) is 0 Å². The highest BCUT2D eigenvalue weighted by atomic mass is 14.5. The molecule has 0 aliphatic heterocycles. The molecule has 2 aliphatic carbocycles. The number of benzene rings is 12. The van der Waals surface area contributed by atoms with Gasteiger partial charge in [-0.15, -0.1) is 0 Å². The average molecular weight is 769 g/mol. The van der Waals surface area contributed by atoms with E-state index in [0.717, 1.165) is 0 Å². The third-order valence-corrected chi connectivity index (χ3v) is 14.2. The first-order valence-corrected chi connectivity index (χ1v) is 21.4. The number of rotatable bonds is 2. The fourth-order valence-corrected chi connectivity index (χ4v) is 11.8. The zero-order valence-electron chi connectivity index (χ0n) is 33.3. The second-order valence-electron chi connectivity index (χ2n) is 17.0. The molecule has 0 unspecified atom stereocenters. The molecule has 0 bridgehead atoms. The fourth-order valence-electron chi connectivity index (χ4n) is 11.8. The molecule has 0 N–H and O–H groups in total. The van der Waals surface area contributed by atoms with Crippen molar-refractivity contribution in [2.45, 2.75) is 5.41 Å². The summed E-state index contributed by atoms with van der Waals surface area (Å²) >= 11 is 0. The summed E-state index contributed by atoms with van der Waals surface area (Å²) in [6, 6.07) is 82.5. The molecule has 0 radical (unpaired) electrons. The third-order valence-electron chi connectivity index (χ3n) is 14.2. The van der Waals surface area contributed by atoms with Gasteiger partial charge in [-0.05, 0) is 156 Å². The average Bonchev–Trinajstić information content (AvgIpc) is 3.79. The third kappa shape index (κ3) is 4.29. The number of hydrogen-bond acceptors (Lipinski definition) is 0. The van der Waals surface area contributed by atoms with Gasteiger partial charge in [0, 0.05) is 0 Å². The van der Waals surface area contributed by atoms with Gasteiger partial charge in [0.05, 0.1) is 5.41 Å². The van der Waals surface area contributed by atoms with Crippen molar-refractivity contribution in [2.24, 2.45) is 0 Å². The van der Waals surface area contributed by atoms with Gasteiger partial charge in [0.15, 0.2) is 0 Å². The van der Waals surface area contributed by atoms with E-state index in [4.69, 9.17) is 0 Å². The van der Waals surface area contributed by atoms with Gasteiger partial charge in [-0.1, -0.05) is 194 Å². The van der Waals surface area contributed by atoms with Crippen LogP contribution in [-0.4, -0.2) is 0 Å². The van der Waals surface area contributed by atoms with Gasteiger partial charge in [-0.25, -0.2) is 0 Å². The summed E-state index contributed by atoms with van der Waals surface area (Å²) in [6.07, 6.45) is 0. The van der Waals surface area contributed by atoms with E-state index in [9.17, 15) is 0 Å². The minimum Gasteiger partial charge on any atom is -0.0619 e. The standard InChI is InChI=1S/C61H36/c1-4-18-43-37(15-1)31-32-52-53-34-38-29-30-40(33-41(38)36-57(53)61(60(43)52)55-27-13-11-21-46(55)47-22-12-14-28-56(47)61)58-48-23-7-9-25-50(48)59(51-26-10-8-24-49(51)58)54-35-39-16-2-3-17-42(39)44-19-5-6-20-45(44)54/h1-36H. The van der Waals surface area contributed by atoms with Gasteiger partial charge in [-0.2, -0.15) is 0 Å². The maximum absolute atomic E-state index is 2.54. The summed E-state index contributed by atoms with van der Waals surface area (Å²) < 4.78 is 0. The zero-order chi connectivity index (χ0) is 39.8. The van der Waals surface area contributed by atoms with Crippen molar-refractivity contribution in [1.82, 2.24) is 0 Å². The van der Waals surface area contributed by atoms with Crippen LogP contribution in [0.15, 0.2) is 218 Å². The molecule has 12 aromatic rings. The van der Waals surface area contributed by atoms with Gasteiger partial charge in [-0.3, -0.25) is 0 Å². The Bertz CT molecular complexity index is 3780. The van der Waals surface area contributed by atoms with Crippen LogP contribution in [0.4, 0.5) is 0 Å². The first-order valence-electron chi connectivity index (χ1n) is 21.4. The fraction of sp³-hybridized carbons (Fsp3) is 0.0164. The smallest absolute Gasteiger partial charge is 0.0619 e. The van der Waals surface area contributed by atoms with E-state index in [1.54, 1.807) is 0 Å². The predicted octanol–water partition coefficient (Wildman–Crippen LogP) is 16.3. The van der Waals surface area contributed by atoms with E-state index in [-0.39, 0.29) is 0 Å². The van der Waals surface area contributed by atoms with E-state index >= 15 is 0 Å². The minimum atomic E-state index is -0.438. The maximum atomic E-state index is 2.54. The lowest BCUT2D eigenvalue weighted by molar-refractivity contribution is 0.802. The highest BCUT2D eigenvalue weighted by molar-refractivity contribution is 6.26. The van der Waals surface area contributed by atoms with Gasteiger partial charge < -0.3 is 0 Å². The Morgan fingerprint density at radius 2 is 0.738 bits per heavy atom. The first-order chi connectivity index (χ1) is 30.3. The molecule has 280 valence electrons. The van der Waals surface area contributed by atoms with Crippen LogP contribution in [0.2, 0.25) is 0 Å². The Kier molecular flexibility index (Phi) is 6.58. The lowest BCUT2D eigenvalue weighted by Crippen LogP contribution is -2.26. The quantitative estimate of drug-likeness (QED) is 0.121. The maximum Gasteiger partial charge on any atom is 0.0731 e. The van der Waals surface area contributed by atoms with Crippen molar-refractivity contribution in [3.05, 3.63) is 241 Å². The number of hydrogen-bond donors (Lipinski definition) is 0. The van der Waals surface area contributed by atoms with Gasteiger partial charge >= 0.3 is 0 Å². The molecule has 0 heteroatoms. The summed E-state index contributed by atoms with van der Waals surface area (Å²) in [5.74, 6) is 0. The lowest BCUT2D eigenvalue weighted by Gasteiger charge is -2.31. The van der Waals surface area contributed by atoms with Crippen molar-refractivity contribution in [2.75, 3.05) is 0 Å². The van der Waals surface area contributed by atoms with Crippen molar-refractivity contribution >= 4 is 64.6 Å². The SMILES string of the molecule is c1ccc2c(c1)-c1ccccc1C21c2cc3cc(-c4c5ccccc5c(-c5cc6ccccc6c6ccccc56)c5ccccc45)ccc3cc2-c2ccc3ccccc3c21. The summed E-state index contributed by atoms with van der Waals surface area (Å²) in [4.78, 5) is 0. The molecule has 0 nitrogen and oxygen atoms in total. The van der Waals surface area contributed by atoms with Crippen LogP contribution in [0.25, 0.3) is 109 Å². The van der Waals surface area contributed by atoms with Crippen LogP contribution in [-0.2, 0) is 5.41 Å². The van der Waals surface area contributed by atoms with E-state index in [2.05, 4.69) is 218 Å². The van der Waals surface area contributed by atoms with Crippen LogP contribution < -0.4 is 0 Å². The van der Waals surface area contributed by atoms with Crippen LogP contribution in [0.1, 0.15) is 22.3 Å². The second-order valence-corrected chi connectivity index (χ2v) is 17.0. The molecule has 0 fully saturated rings. The Balaban J connectivity index is 1.06. The van der Waals surface area contributed by atoms with Gasteiger partial charge in [0.2, 0.25) is 0 Å². The first kappa shape index (κ1) is 33.1. The molecule has 0 saturated heterocycles. The highest BCUT2D eigenvalue weighted by Gasteiger charge is 2.52. The molecule has 1 spiro atoms. The molecule has 12 aromatic carbocycles. The Morgan fingerprint density at radius 3 is 1.43 bits per heavy atom. The molecule has 0 saturated carbocycles. The molecule has 0 amide bonds. The molecule has 0 atom stereocenters. The van der Waals surface area contributed by atoms with E-state index < -0.39 is 5.41 Å². The second kappa shape index (κ2) is 12.1. The molecular weight excluding hydrogens is 733 g/mol.